The van der Waals surface area contributed by atoms with Gasteiger partial charge in [-0.3, -0.25) is 0 Å². The lowest BCUT2D eigenvalue weighted by atomic mass is 10.1. The average molecular weight is 304 g/mol. The first-order chi connectivity index (χ1) is 10.1. The van der Waals surface area contributed by atoms with Crippen LogP contribution in [0.15, 0.2) is 47.6 Å². The van der Waals surface area contributed by atoms with E-state index >= 15 is 0 Å². The van der Waals surface area contributed by atoms with Gasteiger partial charge in [-0.15, -0.1) is 0 Å². The Morgan fingerprint density at radius 2 is 1.90 bits per heavy atom. The molecule has 0 aliphatic carbocycles. The minimum Gasteiger partial charge on any atom is -0.409 e. The fourth-order valence-corrected chi connectivity index (χ4v) is 2.46. The first-order valence-corrected chi connectivity index (χ1v) is 7.05. The van der Waals surface area contributed by atoms with Gasteiger partial charge < -0.3 is 15.8 Å². The number of nitrogens with zero attached hydrogens (tertiary/aromatic N) is 2. The van der Waals surface area contributed by atoms with Crippen molar-refractivity contribution >= 4 is 28.8 Å². The van der Waals surface area contributed by atoms with Crippen LogP contribution in [0.4, 0.5) is 11.4 Å². The molecule has 0 heterocycles. The molecule has 5 heteroatoms. The second-order valence-corrected chi connectivity index (χ2v) is 5.11. The number of amidine groups is 1. The summed E-state index contributed by atoms with van der Waals surface area (Å²) in [7, 11) is 1.92. The number of nitrogens with two attached hydrogens (primary N) is 1. The average Bonchev–Trinajstić information content (AvgIpc) is 2.53. The van der Waals surface area contributed by atoms with Crippen molar-refractivity contribution in [2.75, 3.05) is 11.9 Å². The first kappa shape index (κ1) is 15.2. The molecule has 0 bridgehead atoms. The molecule has 110 valence electrons. The van der Waals surface area contributed by atoms with Crippen molar-refractivity contribution in [2.45, 2.75) is 13.3 Å². The molecule has 0 unspecified atom stereocenters. The van der Waals surface area contributed by atoms with Crippen LogP contribution >= 0.6 is 11.6 Å². The monoisotopic (exact) mass is 303 g/mol. The Morgan fingerprint density at radius 1 is 1.24 bits per heavy atom. The van der Waals surface area contributed by atoms with Crippen molar-refractivity contribution in [1.29, 1.82) is 0 Å². The van der Waals surface area contributed by atoms with Crippen molar-refractivity contribution in [3.8, 4) is 0 Å². The Labute approximate surface area is 129 Å². The van der Waals surface area contributed by atoms with Crippen molar-refractivity contribution in [2.24, 2.45) is 10.9 Å². The van der Waals surface area contributed by atoms with E-state index in [0.29, 0.717) is 10.6 Å². The standard InChI is InChI=1S/C16H18ClN3O/c1-3-11-7-9-12(10-8-11)20(2)14-6-4-5-13(17)15(14)16(18)19-21/h4-10,21H,3H2,1-2H3,(H2,18,19). The van der Waals surface area contributed by atoms with E-state index in [2.05, 4.69) is 24.2 Å². The summed E-state index contributed by atoms with van der Waals surface area (Å²) in [5, 5.41) is 12.5. The Morgan fingerprint density at radius 3 is 2.48 bits per heavy atom. The molecule has 2 aromatic carbocycles. The third-order valence-corrected chi connectivity index (χ3v) is 3.76. The lowest BCUT2D eigenvalue weighted by Crippen LogP contribution is -2.20. The maximum atomic E-state index is 8.94. The predicted molar refractivity (Wildman–Crippen MR) is 87.8 cm³/mol. The summed E-state index contributed by atoms with van der Waals surface area (Å²) in [6.07, 6.45) is 0.997. The summed E-state index contributed by atoms with van der Waals surface area (Å²) in [5.74, 6) is -0.00683. The topological polar surface area (TPSA) is 61.8 Å². The minimum absolute atomic E-state index is 0.00683. The molecular formula is C16H18ClN3O. The molecule has 0 saturated heterocycles. The number of rotatable bonds is 4. The van der Waals surface area contributed by atoms with E-state index in [0.717, 1.165) is 17.8 Å². The zero-order valence-electron chi connectivity index (χ0n) is 12.0. The van der Waals surface area contributed by atoms with Crippen LogP contribution in [-0.4, -0.2) is 18.1 Å². The lowest BCUT2D eigenvalue weighted by Gasteiger charge is -2.23. The number of oxime groups is 1. The van der Waals surface area contributed by atoms with E-state index in [1.807, 2.05) is 36.2 Å². The van der Waals surface area contributed by atoms with E-state index < -0.39 is 0 Å². The molecule has 3 N–H and O–H groups in total. The second kappa shape index (κ2) is 6.50. The van der Waals surface area contributed by atoms with Gasteiger partial charge in [0, 0.05) is 12.7 Å². The maximum Gasteiger partial charge on any atom is 0.173 e. The molecule has 21 heavy (non-hydrogen) atoms. The number of hydrogen-bond acceptors (Lipinski definition) is 3. The molecule has 0 aliphatic rings. The molecule has 2 aromatic rings. The van der Waals surface area contributed by atoms with Gasteiger partial charge in [-0.25, -0.2) is 0 Å². The van der Waals surface area contributed by atoms with E-state index in [4.69, 9.17) is 22.5 Å². The van der Waals surface area contributed by atoms with Crippen molar-refractivity contribution in [3.05, 3.63) is 58.6 Å². The molecule has 0 atom stereocenters. The largest absolute Gasteiger partial charge is 0.409 e. The highest BCUT2D eigenvalue weighted by atomic mass is 35.5. The molecule has 0 aromatic heterocycles. The van der Waals surface area contributed by atoms with Gasteiger partial charge in [-0.1, -0.05) is 41.9 Å². The second-order valence-electron chi connectivity index (χ2n) is 4.70. The van der Waals surface area contributed by atoms with E-state index in [9.17, 15) is 0 Å². The third kappa shape index (κ3) is 3.11. The molecular weight excluding hydrogens is 286 g/mol. The van der Waals surface area contributed by atoms with Gasteiger partial charge in [0.25, 0.3) is 0 Å². The minimum atomic E-state index is -0.00683. The first-order valence-electron chi connectivity index (χ1n) is 6.67. The van der Waals surface area contributed by atoms with E-state index in [1.54, 1.807) is 6.07 Å². The summed E-state index contributed by atoms with van der Waals surface area (Å²) < 4.78 is 0. The molecule has 4 nitrogen and oxygen atoms in total. The predicted octanol–water partition coefficient (Wildman–Crippen LogP) is 3.76. The van der Waals surface area contributed by atoms with E-state index in [1.165, 1.54) is 5.56 Å². The molecule has 2 rings (SSSR count). The Bertz CT molecular complexity index is 653. The van der Waals surface area contributed by atoms with Gasteiger partial charge in [0.15, 0.2) is 5.84 Å². The smallest absolute Gasteiger partial charge is 0.173 e. The Balaban J connectivity index is 2.47. The van der Waals surface area contributed by atoms with Crippen LogP contribution in [0.25, 0.3) is 0 Å². The molecule has 0 spiro atoms. The zero-order valence-corrected chi connectivity index (χ0v) is 12.8. The van der Waals surface area contributed by atoms with E-state index in [-0.39, 0.29) is 5.84 Å². The fourth-order valence-electron chi connectivity index (χ4n) is 2.19. The molecule has 0 fully saturated rings. The summed E-state index contributed by atoms with van der Waals surface area (Å²) in [6.45, 7) is 2.12. The van der Waals surface area contributed by atoms with Gasteiger partial charge in [-0.05, 0) is 36.2 Å². The van der Waals surface area contributed by atoms with Crippen LogP contribution in [0.1, 0.15) is 18.1 Å². The zero-order chi connectivity index (χ0) is 15.4. The van der Waals surface area contributed by atoms with Gasteiger partial charge in [0.05, 0.1) is 16.3 Å². The van der Waals surface area contributed by atoms with Crippen LogP contribution < -0.4 is 10.6 Å². The molecule has 0 radical (unpaired) electrons. The number of hydrogen-bond donors (Lipinski definition) is 2. The van der Waals surface area contributed by atoms with Crippen LogP contribution in [-0.2, 0) is 6.42 Å². The van der Waals surface area contributed by atoms with Gasteiger partial charge >= 0.3 is 0 Å². The third-order valence-electron chi connectivity index (χ3n) is 3.45. The lowest BCUT2D eigenvalue weighted by molar-refractivity contribution is 0.318. The van der Waals surface area contributed by atoms with Gasteiger partial charge in [-0.2, -0.15) is 0 Å². The highest BCUT2D eigenvalue weighted by Gasteiger charge is 2.15. The Hall–Kier alpha value is -2.20. The van der Waals surface area contributed by atoms with Crippen LogP contribution in [0, 0.1) is 0 Å². The number of anilines is 2. The maximum absolute atomic E-state index is 8.94. The summed E-state index contributed by atoms with van der Waals surface area (Å²) in [4.78, 5) is 1.96. The SMILES string of the molecule is CCc1ccc(N(C)c2cccc(Cl)c2C(N)=NO)cc1. The molecule has 0 saturated carbocycles. The van der Waals surface area contributed by atoms with Crippen molar-refractivity contribution < 1.29 is 5.21 Å². The number of halogens is 1. The van der Waals surface area contributed by atoms with Gasteiger partial charge in [0.1, 0.15) is 0 Å². The summed E-state index contributed by atoms with van der Waals surface area (Å²) in [6, 6.07) is 13.7. The van der Waals surface area contributed by atoms with Crippen molar-refractivity contribution in [3.63, 3.8) is 0 Å². The highest BCUT2D eigenvalue weighted by Crippen LogP contribution is 2.31. The van der Waals surface area contributed by atoms with Crippen LogP contribution in [0.3, 0.4) is 0 Å². The highest BCUT2D eigenvalue weighted by molar-refractivity contribution is 6.35. The number of benzene rings is 2. The van der Waals surface area contributed by atoms with Gasteiger partial charge in [0.2, 0.25) is 0 Å². The Kier molecular flexibility index (Phi) is 4.70. The fraction of sp³-hybridized carbons (Fsp3) is 0.188. The summed E-state index contributed by atoms with van der Waals surface area (Å²) in [5.41, 5.74) is 9.32. The quantitative estimate of drug-likeness (QED) is 0.391. The van der Waals surface area contributed by atoms with Crippen LogP contribution in [0.2, 0.25) is 5.02 Å². The number of aryl methyl sites for hydroxylation is 1. The molecule has 0 aliphatic heterocycles. The van der Waals surface area contributed by atoms with Crippen LogP contribution in [0.5, 0.6) is 0 Å². The van der Waals surface area contributed by atoms with Crippen molar-refractivity contribution in [1.82, 2.24) is 0 Å². The normalized spacial score (nSPS) is 11.5. The molecule has 0 amide bonds. The summed E-state index contributed by atoms with van der Waals surface area (Å²) >= 11 is 6.18.